The van der Waals surface area contributed by atoms with Gasteiger partial charge >= 0.3 is 0 Å². The minimum atomic E-state index is 0.166. The molecule has 1 aromatic carbocycles. The van der Waals surface area contributed by atoms with Crippen molar-refractivity contribution in [1.29, 1.82) is 0 Å². The molecule has 1 amide bonds. The summed E-state index contributed by atoms with van der Waals surface area (Å²) in [6, 6.07) is 10.6. The molecule has 2 aromatic rings. The van der Waals surface area contributed by atoms with Gasteiger partial charge in [0.2, 0.25) is 5.91 Å². The lowest BCUT2D eigenvalue weighted by Crippen LogP contribution is -2.40. The third-order valence-corrected chi connectivity index (χ3v) is 4.91. The van der Waals surface area contributed by atoms with Crippen LogP contribution < -0.4 is 0 Å². The van der Waals surface area contributed by atoms with Gasteiger partial charge in [0.25, 0.3) is 0 Å². The SMILES string of the molecule is CN(Cc1ccccc1-n1cccn1)C(=O)CN(C)C1CCCC1. The van der Waals surface area contributed by atoms with E-state index in [1.54, 1.807) is 6.20 Å². The first-order valence-corrected chi connectivity index (χ1v) is 8.67. The second-order valence-electron chi connectivity index (χ2n) is 6.68. The summed E-state index contributed by atoms with van der Waals surface area (Å²) in [7, 11) is 3.95. The van der Waals surface area contributed by atoms with Crippen LogP contribution in [-0.4, -0.2) is 52.2 Å². The smallest absolute Gasteiger partial charge is 0.236 e. The first-order chi connectivity index (χ1) is 11.6. The second kappa shape index (κ2) is 7.62. The summed E-state index contributed by atoms with van der Waals surface area (Å²) in [5.74, 6) is 0.166. The predicted molar refractivity (Wildman–Crippen MR) is 94.9 cm³/mol. The van der Waals surface area contributed by atoms with Gasteiger partial charge in [-0.1, -0.05) is 31.0 Å². The van der Waals surface area contributed by atoms with E-state index in [0.29, 0.717) is 19.1 Å². The van der Waals surface area contributed by atoms with Crippen LogP contribution in [0.3, 0.4) is 0 Å². The summed E-state index contributed by atoms with van der Waals surface area (Å²) in [4.78, 5) is 16.6. The molecule has 128 valence electrons. The maximum Gasteiger partial charge on any atom is 0.236 e. The molecule has 1 aromatic heterocycles. The fraction of sp³-hybridized carbons (Fsp3) is 0.474. The van der Waals surface area contributed by atoms with Crippen molar-refractivity contribution < 1.29 is 4.79 Å². The third kappa shape index (κ3) is 3.85. The number of benzene rings is 1. The van der Waals surface area contributed by atoms with Crippen molar-refractivity contribution in [3.8, 4) is 5.69 Å². The molecular formula is C19H26N4O. The predicted octanol–water partition coefficient (Wildman–Crippen LogP) is 2.71. The molecule has 24 heavy (non-hydrogen) atoms. The third-order valence-electron chi connectivity index (χ3n) is 4.91. The summed E-state index contributed by atoms with van der Waals surface area (Å²) in [6.07, 6.45) is 8.70. The van der Waals surface area contributed by atoms with Crippen LogP contribution in [0.15, 0.2) is 42.7 Å². The Bertz CT molecular complexity index is 662. The summed E-state index contributed by atoms with van der Waals surface area (Å²) in [6.45, 7) is 1.08. The molecule has 1 saturated carbocycles. The Morgan fingerprint density at radius 2 is 1.96 bits per heavy atom. The molecule has 0 unspecified atom stereocenters. The van der Waals surface area contributed by atoms with Crippen LogP contribution in [0.1, 0.15) is 31.2 Å². The Hall–Kier alpha value is -2.14. The molecule has 0 aliphatic heterocycles. The topological polar surface area (TPSA) is 41.4 Å². The molecule has 1 heterocycles. The number of aromatic nitrogens is 2. The lowest BCUT2D eigenvalue weighted by Gasteiger charge is -2.26. The van der Waals surface area contributed by atoms with Crippen molar-refractivity contribution in [2.24, 2.45) is 0 Å². The van der Waals surface area contributed by atoms with Crippen molar-refractivity contribution in [2.75, 3.05) is 20.6 Å². The summed E-state index contributed by atoms with van der Waals surface area (Å²) in [5, 5.41) is 4.30. The van der Waals surface area contributed by atoms with Crippen LogP contribution >= 0.6 is 0 Å². The van der Waals surface area contributed by atoms with Gasteiger partial charge in [-0.15, -0.1) is 0 Å². The highest BCUT2D eigenvalue weighted by Gasteiger charge is 2.22. The highest BCUT2D eigenvalue weighted by Crippen LogP contribution is 2.22. The Morgan fingerprint density at radius 3 is 2.67 bits per heavy atom. The zero-order chi connectivity index (χ0) is 16.9. The van der Waals surface area contributed by atoms with E-state index in [9.17, 15) is 4.79 Å². The van der Waals surface area contributed by atoms with Gasteiger partial charge in [0.1, 0.15) is 0 Å². The first kappa shape index (κ1) is 16.7. The standard InChI is InChI=1S/C19H26N4O/c1-21(17-9-4-5-10-17)15-19(24)22(2)14-16-8-3-6-11-18(16)23-13-7-12-20-23/h3,6-8,11-13,17H,4-5,9-10,14-15H2,1-2H3. The molecule has 1 fully saturated rings. The molecular weight excluding hydrogens is 300 g/mol. The van der Waals surface area contributed by atoms with E-state index in [-0.39, 0.29) is 5.91 Å². The quantitative estimate of drug-likeness (QED) is 0.819. The minimum absolute atomic E-state index is 0.166. The van der Waals surface area contributed by atoms with Gasteiger partial charge in [0.05, 0.1) is 12.2 Å². The molecule has 0 spiro atoms. The Kier molecular flexibility index (Phi) is 5.30. The van der Waals surface area contributed by atoms with Crippen molar-refractivity contribution in [3.63, 3.8) is 0 Å². The maximum atomic E-state index is 12.6. The average molecular weight is 326 g/mol. The molecule has 0 bridgehead atoms. The summed E-state index contributed by atoms with van der Waals surface area (Å²) in [5.41, 5.74) is 2.12. The first-order valence-electron chi connectivity index (χ1n) is 8.67. The molecule has 0 atom stereocenters. The zero-order valence-corrected chi connectivity index (χ0v) is 14.6. The van der Waals surface area contributed by atoms with Crippen LogP contribution in [0, 0.1) is 0 Å². The normalized spacial score (nSPS) is 15.1. The number of amides is 1. The van der Waals surface area contributed by atoms with Crippen molar-refractivity contribution >= 4 is 5.91 Å². The van der Waals surface area contributed by atoms with Crippen molar-refractivity contribution in [3.05, 3.63) is 48.3 Å². The van der Waals surface area contributed by atoms with E-state index >= 15 is 0 Å². The number of carbonyl (C=O) groups is 1. The average Bonchev–Trinajstić information content (AvgIpc) is 3.29. The largest absolute Gasteiger partial charge is 0.340 e. The van der Waals surface area contributed by atoms with Gasteiger partial charge in [0.15, 0.2) is 0 Å². The molecule has 1 aliphatic rings. The number of para-hydroxylation sites is 1. The Balaban J connectivity index is 1.64. The van der Waals surface area contributed by atoms with Gasteiger partial charge < -0.3 is 4.90 Å². The van der Waals surface area contributed by atoms with Crippen LogP contribution in [-0.2, 0) is 11.3 Å². The van der Waals surface area contributed by atoms with Gasteiger partial charge in [-0.2, -0.15) is 5.10 Å². The Labute approximate surface area is 143 Å². The van der Waals surface area contributed by atoms with Crippen molar-refractivity contribution in [1.82, 2.24) is 19.6 Å². The van der Waals surface area contributed by atoms with Crippen LogP contribution in [0.2, 0.25) is 0 Å². The molecule has 0 N–H and O–H groups in total. The van der Waals surface area contributed by atoms with E-state index in [1.165, 1.54) is 25.7 Å². The maximum absolute atomic E-state index is 12.6. The summed E-state index contributed by atoms with van der Waals surface area (Å²) < 4.78 is 1.85. The van der Waals surface area contributed by atoms with Gasteiger partial charge in [-0.25, -0.2) is 4.68 Å². The van der Waals surface area contributed by atoms with Gasteiger partial charge in [0, 0.05) is 32.0 Å². The van der Waals surface area contributed by atoms with E-state index in [2.05, 4.69) is 23.1 Å². The molecule has 3 rings (SSSR count). The molecule has 0 radical (unpaired) electrons. The fourth-order valence-electron chi connectivity index (χ4n) is 3.43. The van der Waals surface area contributed by atoms with E-state index in [1.807, 2.05) is 47.1 Å². The van der Waals surface area contributed by atoms with E-state index in [0.717, 1.165) is 11.3 Å². The molecule has 5 nitrogen and oxygen atoms in total. The van der Waals surface area contributed by atoms with Crippen LogP contribution in [0.5, 0.6) is 0 Å². The molecule has 1 aliphatic carbocycles. The van der Waals surface area contributed by atoms with Crippen molar-refractivity contribution in [2.45, 2.75) is 38.3 Å². The second-order valence-corrected chi connectivity index (χ2v) is 6.68. The highest BCUT2D eigenvalue weighted by atomic mass is 16.2. The van der Waals surface area contributed by atoms with E-state index < -0.39 is 0 Å². The van der Waals surface area contributed by atoms with Gasteiger partial charge in [-0.05, 0) is 37.6 Å². The molecule has 0 saturated heterocycles. The lowest BCUT2D eigenvalue weighted by molar-refractivity contribution is -0.131. The number of nitrogens with zero attached hydrogens (tertiary/aromatic N) is 4. The van der Waals surface area contributed by atoms with Crippen LogP contribution in [0.25, 0.3) is 5.69 Å². The number of carbonyl (C=O) groups excluding carboxylic acids is 1. The fourth-order valence-corrected chi connectivity index (χ4v) is 3.43. The minimum Gasteiger partial charge on any atom is -0.340 e. The van der Waals surface area contributed by atoms with Crippen LogP contribution in [0.4, 0.5) is 0 Å². The molecule has 5 heteroatoms. The number of hydrogen-bond acceptors (Lipinski definition) is 3. The highest BCUT2D eigenvalue weighted by molar-refractivity contribution is 5.78. The monoisotopic (exact) mass is 326 g/mol. The van der Waals surface area contributed by atoms with Gasteiger partial charge in [-0.3, -0.25) is 9.69 Å². The lowest BCUT2D eigenvalue weighted by atomic mass is 10.1. The summed E-state index contributed by atoms with van der Waals surface area (Å²) >= 11 is 0. The number of rotatable bonds is 6. The number of likely N-dealkylation sites (N-methyl/N-ethyl adjacent to an activating group) is 2. The van der Waals surface area contributed by atoms with E-state index in [4.69, 9.17) is 0 Å². The Morgan fingerprint density at radius 1 is 1.21 bits per heavy atom. The number of hydrogen-bond donors (Lipinski definition) is 0. The zero-order valence-electron chi connectivity index (χ0n) is 14.6.